The highest BCUT2D eigenvalue weighted by molar-refractivity contribution is 5.81. The van der Waals surface area contributed by atoms with Gasteiger partial charge in [0.2, 0.25) is 0 Å². The van der Waals surface area contributed by atoms with Gasteiger partial charge in [-0.1, -0.05) is 18.7 Å². The molecule has 0 aliphatic carbocycles. The Hall–Kier alpha value is -1.31. The van der Waals surface area contributed by atoms with E-state index in [2.05, 4.69) is 24.5 Å². The lowest BCUT2D eigenvalue weighted by Gasteiger charge is -1.93. The fraction of sp³-hybridized carbons (Fsp3) is 0.222. The fourth-order valence-corrected chi connectivity index (χ4v) is 0.285. The van der Waals surface area contributed by atoms with Crippen molar-refractivity contribution in [2.24, 2.45) is 0 Å². The van der Waals surface area contributed by atoms with E-state index in [0.29, 0.717) is 6.61 Å². The number of rotatable bonds is 3. The van der Waals surface area contributed by atoms with E-state index in [0.717, 1.165) is 6.08 Å². The molecular formula is C9H14O2. The molecule has 0 aromatic carbocycles. The third-order valence-electron chi connectivity index (χ3n) is 0.724. The van der Waals surface area contributed by atoms with Gasteiger partial charge >= 0.3 is 5.97 Å². The lowest BCUT2D eigenvalue weighted by molar-refractivity contribution is -0.136. The molecule has 11 heavy (non-hydrogen) atoms. The second kappa shape index (κ2) is 11.5. The van der Waals surface area contributed by atoms with Crippen LogP contribution in [-0.4, -0.2) is 12.6 Å². The van der Waals surface area contributed by atoms with Gasteiger partial charge < -0.3 is 4.74 Å². The summed E-state index contributed by atoms with van der Waals surface area (Å²) in [5, 5.41) is 0. The topological polar surface area (TPSA) is 26.3 Å². The molecule has 0 fully saturated rings. The number of esters is 1. The van der Waals surface area contributed by atoms with Crippen LogP contribution >= 0.6 is 0 Å². The third-order valence-corrected chi connectivity index (χ3v) is 0.724. The second-order valence-corrected chi connectivity index (χ2v) is 1.40. The van der Waals surface area contributed by atoms with E-state index in [1.807, 2.05) is 13.0 Å². The second-order valence-electron chi connectivity index (χ2n) is 1.40. The van der Waals surface area contributed by atoms with Crippen molar-refractivity contribution < 1.29 is 9.53 Å². The molecule has 0 aliphatic rings. The van der Waals surface area contributed by atoms with E-state index in [9.17, 15) is 4.79 Å². The summed E-state index contributed by atoms with van der Waals surface area (Å²) in [5.41, 5.74) is 0. The quantitative estimate of drug-likeness (QED) is 0.353. The highest BCUT2D eigenvalue weighted by atomic mass is 16.5. The van der Waals surface area contributed by atoms with E-state index in [1.165, 1.54) is 0 Å². The van der Waals surface area contributed by atoms with Crippen molar-refractivity contribution in [1.29, 1.82) is 0 Å². The molecule has 0 rings (SSSR count). The zero-order chi connectivity index (χ0) is 9.11. The average molecular weight is 154 g/mol. The zero-order valence-corrected chi connectivity index (χ0v) is 6.88. The molecule has 2 nitrogen and oxygen atoms in total. The van der Waals surface area contributed by atoms with Crippen molar-refractivity contribution in [3.63, 3.8) is 0 Å². The van der Waals surface area contributed by atoms with Crippen molar-refractivity contribution in [2.75, 3.05) is 6.61 Å². The predicted octanol–water partition coefficient (Wildman–Crippen LogP) is 2.09. The number of hydrogen-bond donors (Lipinski definition) is 0. The minimum atomic E-state index is -0.381. The predicted molar refractivity (Wildman–Crippen MR) is 47.2 cm³/mol. The average Bonchev–Trinajstić information content (AvgIpc) is 2.08. The van der Waals surface area contributed by atoms with Crippen molar-refractivity contribution in [3.8, 4) is 0 Å². The highest BCUT2D eigenvalue weighted by Gasteiger charge is 1.88. The van der Waals surface area contributed by atoms with Crippen LogP contribution in [0.1, 0.15) is 6.92 Å². The maximum atomic E-state index is 10.3. The molecule has 62 valence electrons. The molecule has 0 aromatic rings. The van der Waals surface area contributed by atoms with Crippen LogP contribution in [0.15, 0.2) is 38.0 Å². The molecule has 0 atom stereocenters. The first-order valence-electron chi connectivity index (χ1n) is 3.21. The van der Waals surface area contributed by atoms with E-state index >= 15 is 0 Å². The fourth-order valence-electron chi connectivity index (χ4n) is 0.285. The summed E-state index contributed by atoms with van der Waals surface area (Å²) in [6.45, 7) is 11.4. The number of carbonyl (C=O) groups excluding carboxylic acids is 1. The summed E-state index contributed by atoms with van der Waals surface area (Å²) in [7, 11) is 0. The summed E-state index contributed by atoms with van der Waals surface area (Å²) in [5.74, 6) is -0.381. The SMILES string of the molecule is C=C.C=CC(=O)OCC=CC. The Balaban J connectivity index is 0. The molecule has 0 aliphatic heterocycles. The van der Waals surface area contributed by atoms with Crippen molar-refractivity contribution >= 4 is 5.97 Å². The first-order chi connectivity index (χ1) is 5.31. The number of ether oxygens (including phenoxy) is 1. The van der Waals surface area contributed by atoms with E-state index in [4.69, 9.17) is 0 Å². The summed E-state index contributed by atoms with van der Waals surface area (Å²) < 4.78 is 4.59. The van der Waals surface area contributed by atoms with Gasteiger partial charge in [-0.2, -0.15) is 0 Å². The molecule has 0 bridgehead atoms. The first-order valence-corrected chi connectivity index (χ1v) is 3.21. The zero-order valence-electron chi connectivity index (χ0n) is 6.88. The van der Waals surface area contributed by atoms with Gasteiger partial charge in [-0.3, -0.25) is 0 Å². The van der Waals surface area contributed by atoms with Gasteiger partial charge in [0.1, 0.15) is 6.61 Å². The van der Waals surface area contributed by atoms with Crippen LogP contribution in [0.4, 0.5) is 0 Å². The molecule has 0 heterocycles. The first kappa shape index (κ1) is 12.4. The van der Waals surface area contributed by atoms with Gasteiger partial charge in [-0.25, -0.2) is 4.79 Å². The maximum Gasteiger partial charge on any atom is 0.330 e. The van der Waals surface area contributed by atoms with Crippen molar-refractivity contribution in [3.05, 3.63) is 38.0 Å². The standard InChI is InChI=1S/C7H10O2.C2H4/c1-3-5-6-9-7(8)4-2;1-2/h3-5H,2,6H2,1H3;1-2H2. The van der Waals surface area contributed by atoms with Crippen molar-refractivity contribution in [2.45, 2.75) is 6.92 Å². The molecule has 0 saturated carbocycles. The maximum absolute atomic E-state index is 10.3. The van der Waals surface area contributed by atoms with Crippen LogP contribution in [0.3, 0.4) is 0 Å². The lowest BCUT2D eigenvalue weighted by atomic mass is 10.5. The van der Waals surface area contributed by atoms with Gasteiger partial charge in [0.25, 0.3) is 0 Å². The molecular weight excluding hydrogens is 140 g/mol. The van der Waals surface area contributed by atoms with Crippen LogP contribution in [0.2, 0.25) is 0 Å². The van der Waals surface area contributed by atoms with Gasteiger partial charge in [0.05, 0.1) is 0 Å². The van der Waals surface area contributed by atoms with Gasteiger partial charge in [0.15, 0.2) is 0 Å². The van der Waals surface area contributed by atoms with Crippen LogP contribution in [0, 0.1) is 0 Å². The van der Waals surface area contributed by atoms with Crippen LogP contribution in [0.5, 0.6) is 0 Å². The molecule has 0 spiro atoms. The minimum absolute atomic E-state index is 0.335. The minimum Gasteiger partial charge on any atom is -0.458 e. The Kier molecular flexibility index (Phi) is 12.9. The highest BCUT2D eigenvalue weighted by Crippen LogP contribution is 1.79. The largest absolute Gasteiger partial charge is 0.458 e. The van der Waals surface area contributed by atoms with Crippen LogP contribution in [0.25, 0.3) is 0 Å². The van der Waals surface area contributed by atoms with Crippen molar-refractivity contribution in [1.82, 2.24) is 0 Å². The molecule has 0 saturated heterocycles. The summed E-state index contributed by atoms with van der Waals surface area (Å²) in [6.07, 6.45) is 4.71. The van der Waals surface area contributed by atoms with E-state index in [-0.39, 0.29) is 5.97 Å². The van der Waals surface area contributed by atoms with Gasteiger partial charge in [-0.15, -0.1) is 13.2 Å². The Bertz CT molecular complexity index is 136. The van der Waals surface area contributed by atoms with Gasteiger partial charge in [-0.05, 0) is 6.92 Å². The molecule has 0 amide bonds. The lowest BCUT2D eigenvalue weighted by Crippen LogP contribution is -1.98. The van der Waals surface area contributed by atoms with E-state index in [1.54, 1.807) is 6.08 Å². The van der Waals surface area contributed by atoms with Crippen LogP contribution < -0.4 is 0 Å². The number of carbonyl (C=O) groups is 1. The Morgan fingerprint density at radius 3 is 2.45 bits per heavy atom. The monoisotopic (exact) mass is 154 g/mol. The Morgan fingerprint density at radius 2 is 2.09 bits per heavy atom. The number of hydrogen-bond acceptors (Lipinski definition) is 2. The smallest absolute Gasteiger partial charge is 0.330 e. The molecule has 0 N–H and O–H groups in total. The molecule has 0 aromatic heterocycles. The summed E-state index contributed by atoms with van der Waals surface area (Å²) >= 11 is 0. The normalized spacial score (nSPS) is 8.09. The van der Waals surface area contributed by atoms with E-state index < -0.39 is 0 Å². The Labute approximate surface area is 67.9 Å². The Morgan fingerprint density at radius 1 is 1.55 bits per heavy atom. The van der Waals surface area contributed by atoms with Crippen LogP contribution in [-0.2, 0) is 9.53 Å². The van der Waals surface area contributed by atoms with Gasteiger partial charge in [0, 0.05) is 6.08 Å². The summed E-state index contributed by atoms with van der Waals surface area (Å²) in [4.78, 5) is 10.3. The molecule has 0 unspecified atom stereocenters. The molecule has 2 heteroatoms. The number of allylic oxidation sites excluding steroid dienone is 1. The summed E-state index contributed by atoms with van der Waals surface area (Å²) in [6, 6.07) is 0. The third kappa shape index (κ3) is 12.0. The molecule has 0 radical (unpaired) electrons.